The van der Waals surface area contributed by atoms with Gasteiger partial charge in [-0.15, -0.1) is 0 Å². The first-order valence-corrected chi connectivity index (χ1v) is 8.64. The summed E-state index contributed by atoms with van der Waals surface area (Å²) in [5.41, 5.74) is 0.807. The number of rotatable bonds is 5. The highest BCUT2D eigenvalue weighted by Gasteiger charge is 2.44. The number of phenolic OH excluding ortho intramolecular Hbond substituents is 1. The number of anilines is 1. The number of aromatic hydroxyl groups is 1. The molecule has 0 fully saturated rings. The lowest BCUT2D eigenvalue weighted by molar-refractivity contribution is -0.118. The van der Waals surface area contributed by atoms with Gasteiger partial charge >= 0.3 is 0 Å². The smallest absolute Gasteiger partial charge is 0.294 e. The van der Waals surface area contributed by atoms with E-state index in [4.69, 9.17) is 0 Å². The summed E-state index contributed by atoms with van der Waals surface area (Å²) >= 11 is 0. The van der Waals surface area contributed by atoms with E-state index >= 15 is 0 Å². The Hall–Kier alpha value is -3.15. The topological polar surface area (TPSA) is 77.8 Å². The van der Waals surface area contributed by atoms with Crippen molar-refractivity contribution in [2.45, 2.75) is 26.3 Å². The fraction of sp³-hybridized carbons (Fsp3) is 0.238. The van der Waals surface area contributed by atoms with E-state index in [-0.39, 0.29) is 29.4 Å². The standard InChI is InChI=1S/C21H20FNO4/c1-12(2)10-17(25)18-19(13-4-3-5-16(24)11-13)23(21(27)20(18)26)15-8-6-14(22)7-9-15/h3-9,11-12,19,24,26H,10H2,1-2H3. The van der Waals surface area contributed by atoms with E-state index in [0.717, 1.165) is 0 Å². The molecule has 140 valence electrons. The largest absolute Gasteiger partial charge is 0.508 e. The maximum absolute atomic E-state index is 13.3. The summed E-state index contributed by atoms with van der Waals surface area (Å²) in [6.07, 6.45) is 0.166. The predicted molar refractivity (Wildman–Crippen MR) is 98.9 cm³/mol. The zero-order valence-corrected chi connectivity index (χ0v) is 15.0. The number of carbonyl (C=O) groups excluding carboxylic acids is 2. The third-order valence-electron chi connectivity index (χ3n) is 4.39. The maximum Gasteiger partial charge on any atom is 0.294 e. The molecule has 27 heavy (non-hydrogen) atoms. The molecule has 5 nitrogen and oxygen atoms in total. The normalized spacial score (nSPS) is 17.1. The summed E-state index contributed by atoms with van der Waals surface area (Å²) in [4.78, 5) is 26.8. The number of aliphatic hydroxyl groups excluding tert-OH is 1. The lowest BCUT2D eigenvalue weighted by atomic mass is 9.92. The van der Waals surface area contributed by atoms with Crippen molar-refractivity contribution in [1.82, 2.24) is 0 Å². The maximum atomic E-state index is 13.3. The lowest BCUT2D eigenvalue weighted by Gasteiger charge is -2.27. The fourth-order valence-corrected chi connectivity index (χ4v) is 3.25. The molecule has 1 aliphatic heterocycles. The van der Waals surface area contributed by atoms with Crippen molar-refractivity contribution in [3.05, 3.63) is 71.2 Å². The first-order chi connectivity index (χ1) is 12.8. The van der Waals surface area contributed by atoms with E-state index in [9.17, 15) is 24.2 Å². The Labute approximate surface area is 156 Å². The van der Waals surface area contributed by atoms with Gasteiger partial charge in [0.2, 0.25) is 0 Å². The third kappa shape index (κ3) is 3.56. The summed E-state index contributed by atoms with van der Waals surface area (Å²) in [7, 11) is 0. The minimum Gasteiger partial charge on any atom is -0.508 e. The monoisotopic (exact) mass is 369 g/mol. The van der Waals surface area contributed by atoms with Crippen LogP contribution in [-0.4, -0.2) is 21.9 Å². The van der Waals surface area contributed by atoms with Gasteiger partial charge in [0.05, 0.1) is 11.6 Å². The zero-order valence-electron chi connectivity index (χ0n) is 15.0. The molecule has 0 bridgehead atoms. The first-order valence-electron chi connectivity index (χ1n) is 8.64. The summed E-state index contributed by atoms with van der Waals surface area (Å²) in [6, 6.07) is 10.5. The molecule has 0 spiro atoms. The van der Waals surface area contributed by atoms with Gasteiger partial charge in [-0.25, -0.2) is 4.39 Å². The number of hydrogen-bond donors (Lipinski definition) is 2. The molecular formula is C21H20FNO4. The summed E-state index contributed by atoms with van der Waals surface area (Å²) < 4.78 is 13.3. The van der Waals surface area contributed by atoms with Crippen molar-refractivity contribution >= 4 is 17.4 Å². The summed E-state index contributed by atoms with van der Waals surface area (Å²) in [6.45, 7) is 3.74. The van der Waals surface area contributed by atoms with E-state index in [0.29, 0.717) is 11.3 Å². The van der Waals surface area contributed by atoms with Crippen LogP contribution in [0.1, 0.15) is 31.9 Å². The van der Waals surface area contributed by atoms with Crippen molar-refractivity contribution in [3.63, 3.8) is 0 Å². The number of ketones is 1. The van der Waals surface area contributed by atoms with Crippen LogP contribution in [0.2, 0.25) is 0 Å². The molecule has 0 aromatic heterocycles. The highest BCUT2D eigenvalue weighted by molar-refractivity contribution is 6.16. The number of carbonyl (C=O) groups is 2. The molecule has 1 amide bonds. The van der Waals surface area contributed by atoms with Crippen LogP contribution in [-0.2, 0) is 9.59 Å². The number of amides is 1. The van der Waals surface area contributed by atoms with Gasteiger partial charge in [0.15, 0.2) is 11.5 Å². The van der Waals surface area contributed by atoms with E-state index < -0.39 is 23.5 Å². The second kappa shape index (κ2) is 7.23. The lowest BCUT2D eigenvalue weighted by Crippen LogP contribution is -2.31. The average molecular weight is 369 g/mol. The van der Waals surface area contributed by atoms with Crippen LogP contribution in [0, 0.1) is 11.7 Å². The zero-order chi connectivity index (χ0) is 19.7. The van der Waals surface area contributed by atoms with Gasteiger partial charge < -0.3 is 10.2 Å². The van der Waals surface area contributed by atoms with Crippen molar-refractivity contribution in [2.75, 3.05) is 4.90 Å². The number of halogens is 1. The Morgan fingerprint density at radius 1 is 1.15 bits per heavy atom. The molecule has 0 radical (unpaired) electrons. The molecule has 2 N–H and O–H groups in total. The molecule has 6 heteroatoms. The Kier molecular flexibility index (Phi) is 4.99. The van der Waals surface area contributed by atoms with Gasteiger partial charge in [0.25, 0.3) is 5.91 Å². The molecule has 0 saturated carbocycles. The number of phenols is 1. The molecule has 1 aliphatic rings. The Morgan fingerprint density at radius 3 is 2.41 bits per heavy atom. The van der Waals surface area contributed by atoms with E-state index in [1.807, 2.05) is 13.8 Å². The second-order valence-electron chi connectivity index (χ2n) is 6.93. The Bertz CT molecular complexity index is 918. The molecular weight excluding hydrogens is 349 g/mol. The fourth-order valence-electron chi connectivity index (χ4n) is 3.25. The van der Waals surface area contributed by atoms with E-state index in [1.54, 1.807) is 12.1 Å². The van der Waals surface area contributed by atoms with Crippen molar-refractivity contribution < 1.29 is 24.2 Å². The van der Waals surface area contributed by atoms with Crippen molar-refractivity contribution in [1.29, 1.82) is 0 Å². The van der Waals surface area contributed by atoms with Crippen LogP contribution in [0.4, 0.5) is 10.1 Å². The van der Waals surface area contributed by atoms with Gasteiger partial charge in [-0.2, -0.15) is 0 Å². The molecule has 3 rings (SSSR count). The SMILES string of the molecule is CC(C)CC(=O)C1=C(O)C(=O)N(c2ccc(F)cc2)C1c1cccc(O)c1. The molecule has 0 aliphatic carbocycles. The number of aliphatic hydroxyl groups is 1. The van der Waals surface area contributed by atoms with Crippen LogP contribution in [0.5, 0.6) is 5.75 Å². The Morgan fingerprint density at radius 2 is 1.81 bits per heavy atom. The van der Waals surface area contributed by atoms with Crippen LogP contribution < -0.4 is 4.90 Å². The highest BCUT2D eigenvalue weighted by Crippen LogP contribution is 2.42. The van der Waals surface area contributed by atoms with Crippen molar-refractivity contribution in [3.8, 4) is 5.75 Å². The summed E-state index contributed by atoms with van der Waals surface area (Å²) in [5.74, 6) is -2.14. The third-order valence-corrected chi connectivity index (χ3v) is 4.39. The second-order valence-corrected chi connectivity index (χ2v) is 6.93. The van der Waals surface area contributed by atoms with E-state index in [1.165, 1.54) is 41.3 Å². The van der Waals surface area contributed by atoms with Crippen LogP contribution in [0.3, 0.4) is 0 Å². The molecule has 0 saturated heterocycles. The molecule has 2 aromatic rings. The van der Waals surface area contributed by atoms with Gasteiger partial charge in [-0.3, -0.25) is 14.5 Å². The van der Waals surface area contributed by atoms with Gasteiger partial charge in [-0.1, -0.05) is 26.0 Å². The number of benzene rings is 2. The minimum atomic E-state index is -0.902. The minimum absolute atomic E-state index is 0.0105. The average Bonchev–Trinajstić information content (AvgIpc) is 2.87. The van der Waals surface area contributed by atoms with Crippen LogP contribution >= 0.6 is 0 Å². The van der Waals surface area contributed by atoms with Gasteiger partial charge in [-0.05, 0) is 47.9 Å². The van der Waals surface area contributed by atoms with E-state index in [2.05, 4.69) is 0 Å². The number of Topliss-reactive ketones (excluding diaryl/α,β-unsaturated/α-hetero) is 1. The molecule has 1 heterocycles. The predicted octanol–water partition coefficient (Wildman–Crippen LogP) is 4.05. The van der Waals surface area contributed by atoms with Gasteiger partial charge in [0, 0.05) is 12.1 Å². The number of nitrogens with zero attached hydrogens (tertiary/aromatic N) is 1. The Balaban J connectivity index is 2.15. The van der Waals surface area contributed by atoms with Crippen LogP contribution in [0.25, 0.3) is 0 Å². The van der Waals surface area contributed by atoms with Crippen molar-refractivity contribution in [2.24, 2.45) is 5.92 Å². The van der Waals surface area contributed by atoms with Crippen LogP contribution in [0.15, 0.2) is 59.9 Å². The quantitative estimate of drug-likeness (QED) is 0.834. The molecule has 1 unspecified atom stereocenters. The first kappa shape index (κ1) is 18.6. The summed E-state index contributed by atoms with van der Waals surface area (Å²) in [5, 5.41) is 20.3. The number of hydrogen-bond acceptors (Lipinski definition) is 4. The van der Waals surface area contributed by atoms with Gasteiger partial charge in [0.1, 0.15) is 11.6 Å². The highest BCUT2D eigenvalue weighted by atomic mass is 19.1. The molecule has 2 aromatic carbocycles. The molecule has 1 atom stereocenters.